The van der Waals surface area contributed by atoms with Crippen LogP contribution in [0.2, 0.25) is 10.0 Å². The van der Waals surface area contributed by atoms with E-state index in [0.717, 1.165) is 31.5 Å². The largest absolute Gasteiger partial charge is 0.375 e. The molecule has 1 fully saturated rings. The molecule has 6 heteroatoms. The van der Waals surface area contributed by atoms with E-state index in [0.29, 0.717) is 22.6 Å². The van der Waals surface area contributed by atoms with E-state index < -0.39 is 0 Å². The normalized spacial score (nSPS) is 16.2. The van der Waals surface area contributed by atoms with Crippen LogP contribution in [0.4, 0.5) is 0 Å². The van der Waals surface area contributed by atoms with E-state index in [1.54, 1.807) is 7.11 Å². The predicted octanol–water partition coefficient (Wildman–Crippen LogP) is 2.72. The van der Waals surface area contributed by atoms with Gasteiger partial charge in [-0.3, -0.25) is 4.79 Å². The van der Waals surface area contributed by atoms with Crippen molar-refractivity contribution in [2.24, 2.45) is 0 Å². The number of ether oxygens (including phenoxy) is 1. The summed E-state index contributed by atoms with van der Waals surface area (Å²) in [6.45, 7) is 2.33. The number of methoxy groups -OCH3 is 1. The van der Waals surface area contributed by atoms with E-state index in [1.165, 1.54) is 0 Å². The van der Waals surface area contributed by atoms with Crippen LogP contribution in [0.25, 0.3) is 0 Å². The third kappa shape index (κ3) is 4.58. The Kier molecular flexibility index (Phi) is 6.30. The summed E-state index contributed by atoms with van der Waals surface area (Å²) in [6.07, 6.45) is 1.86. The van der Waals surface area contributed by atoms with E-state index in [-0.39, 0.29) is 12.5 Å². The van der Waals surface area contributed by atoms with Crippen LogP contribution in [0.1, 0.15) is 18.4 Å². The first-order chi connectivity index (χ1) is 10.1. The lowest BCUT2D eigenvalue weighted by molar-refractivity contribution is -0.136. The van der Waals surface area contributed by atoms with Crippen LogP contribution in [0.5, 0.6) is 0 Å². The van der Waals surface area contributed by atoms with Gasteiger partial charge in [0.1, 0.15) is 6.61 Å². The number of halogens is 2. The second-order valence-corrected chi connectivity index (χ2v) is 5.98. The number of nitrogens with zero attached hydrogens (tertiary/aromatic N) is 1. The number of likely N-dealkylation sites (tertiary alicyclic amines) is 1. The molecular weight excluding hydrogens is 311 g/mol. The van der Waals surface area contributed by atoms with Gasteiger partial charge < -0.3 is 15.0 Å². The molecule has 0 aliphatic carbocycles. The molecule has 116 valence electrons. The van der Waals surface area contributed by atoms with Crippen LogP contribution in [0, 0.1) is 0 Å². The monoisotopic (exact) mass is 330 g/mol. The van der Waals surface area contributed by atoms with Crippen LogP contribution in [-0.2, 0) is 16.1 Å². The summed E-state index contributed by atoms with van der Waals surface area (Å²) in [5, 5.41) is 4.84. The first kappa shape index (κ1) is 16.6. The Morgan fingerprint density at radius 3 is 2.52 bits per heavy atom. The Bertz CT molecular complexity index is 468. The topological polar surface area (TPSA) is 41.6 Å². The van der Waals surface area contributed by atoms with Gasteiger partial charge in [-0.25, -0.2) is 0 Å². The Morgan fingerprint density at radius 2 is 1.95 bits per heavy atom. The van der Waals surface area contributed by atoms with Crippen molar-refractivity contribution in [1.29, 1.82) is 0 Å². The molecule has 1 amide bonds. The molecule has 1 heterocycles. The number of amides is 1. The number of rotatable bonds is 5. The third-order valence-electron chi connectivity index (χ3n) is 3.74. The summed E-state index contributed by atoms with van der Waals surface area (Å²) in [5.74, 6) is 0.0603. The van der Waals surface area contributed by atoms with Crippen LogP contribution in [0.15, 0.2) is 18.2 Å². The molecule has 0 radical (unpaired) electrons. The first-order valence-corrected chi connectivity index (χ1v) is 7.80. The minimum Gasteiger partial charge on any atom is -0.375 e. The summed E-state index contributed by atoms with van der Waals surface area (Å²) in [5.41, 5.74) is 0.929. The minimum absolute atomic E-state index is 0.0603. The maximum absolute atomic E-state index is 11.7. The quantitative estimate of drug-likeness (QED) is 0.902. The number of carbonyl (C=O) groups excluding carboxylic acids is 1. The molecule has 1 aromatic carbocycles. The molecule has 0 spiro atoms. The van der Waals surface area contributed by atoms with Gasteiger partial charge in [-0.15, -0.1) is 0 Å². The lowest BCUT2D eigenvalue weighted by Gasteiger charge is -2.32. The van der Waals surface area contributed by atoms with Gasteiger partial charge in [0.25, 0.3) is 0 Å². The number of benzene rings is 1. The maximum Gasteiger partial charge on any atom is 0.248 e. The lowest BCUT2D eigenvalue weighted by Crippen LogP contribution is -2.45. The zero-order valence-corrected chi connectivity index (χ0v) is 13.6. The maximum atomic E-state index is 11.7. The van der Waals surface area contributed by atoms with Crippen molar-refractivity contribution < 1.29 is 9.53 Å². The van der Waals surface area contributed by atoms with E-state index in [9.17, 15) is 4.79 Å². The number of carbonyl (C=O) groups is 1. The van der Waals surface area contributed by atoms with Gasteiger partial charge in [0.2, 0.25) is 5.91 Å². The molecule has 2 rings (SSSR count). The zero-order chi connectivity index (χ0) is 15.2. The van der Waals surface area contributed by atoms with Crippen molar-refractivity contribution in [3.63, 3.8) is 0 Å². The van der Waals surface area contributed by atoms with Crippen LogP contribution < -0.4 is 5.32 Å². The van der Waals surface area contributed by atoms with Crippen molar-refractivity contribution >= 4 is 29.1 Å². The minimum atomic E-state index is 0.0603. The van der Waals surface area contributed by atoms with Crippen molar-refractivity contribution in [2.75, 3.05) is 26.8 Å². The van der Waals surface area contributed by atoms with E-state index in [2.05, 4.69) is 5.32 Å². The van der Waals surface area contributed by atoms with E-state index in [4.69, 9.17) is 27.9 Å². The zero-order valence-electron chi connectivity index (χ0n) is 12.1. The molecule has 4 nitrogen and oxygen atoms in total. The van der Waals surface area contributed by atoms with Crippen molar-refractivity contribution in [1.82, 2.24) is 10.2 Å². The average Bonchev–Trinajstić information content (AvgIpc) is 2.47. The molecular formula is C15H20Cl2N2O2. The van der Waals surface area contributed by atoms with Gasteiger partial charge in [-0.05, 0) is 25.0 Å². The molecule has 0 bridgehead atoms. The second-order valence-electron chi connectivity index (χ2n) is 5.17. The average molecular weight is 331 g/mol. The van der Waals surface area contributed by atoms with E-state index >= 15 is 0 Å². The molecule has 0 atom stereocenters. The smallest absolute Gasteiger partial charge is 0.248 e. The van der Waals surface area contributed by atoms with Crippen LogP contribution in [-0.4, -0.2) is 43.7 Å². The Morgan fingerprint density at radius 1 is 1.33 bits per heavy atom. The highest BCUT2D eigenvalue weighted by molar-refractivity contribution is 6.35. The fourth-order valence-corrected chi connectivity index (χ4v) is 3.03. The summed E-state index contributed by atoms with van der Waals surface area (Å²) < 4.78 is 4.88. The van der Waals surface area contributed by atoms with Crippen LogP contribution >= 0.6 is 23.2 Å². The Hall–Kier alpha value is -0.810. The molecule has 0 saturated carbocycles. The van der Waals surface area contributed by atoms with E-state index in [1.807, 2.05) is 23.1 Å². The Balaban J connectivity index is 1.80. The first-order valence-electron chi connectivity index (χ1n) is 7.04. The molecule has 1 aliphatic rings. The van der Waals surface area contributed by atoms with Gasteiger partial charge in [0.05, 0.1) is 0 Å². The summed E-state index contributed by atoms with van der Waals surface area (Å²) in [4.78, 5) is 13.6. The van der Waals surface area contributed by atoms with Gasteiger partial charge in [-0.1, -0.05) is 29.3 Å². The molecule has 0 aromatic heterocycles. The fraction of sp³-hybridized carbons (Fsp3) is 0.533. The van der Waals surface area contributed by atoms with Gasteiger partial charge in [0, 0.05) is 48.4 Å². The summed E-state index contributed by atoms with van der Waals surface area (Å²) >= 11 is 12.3. The molecule has 1 aromatic rings. The SMILES string of the molecule is COCC(=O)N1CCC(NCc2c(Cl)cccc2Cl)CC1. The molecule has 21 heavy (non-hydrogen) atoms. The molecule has 1 saturated heterocycles. The van der Waals surface area contributed by atoms with Crippen molar-refractivity contribution in [3.05, 3.63) is 33.8 Å². The van der Waals surface area contributed by atoms with Crippen LogP contribution in [0.3, 0.4) is 0 Å². The summed E-state index contributed by atoms with van der Waals surface area (Å²) in [6, 6.07) is 5.91. The van der Waals surface area contributed by atoms with Crippen molar-refractivity contribution in [3.8, 4) is 0 Å². The Labute approximate surface area is 135 Å². The standard InChI is InChI=1S/C15H20Cl2N2O2/c1-21-10-15(20)19-7-5-11(6-8-19)18-9-12-13(16)3-2-4-14(12)17/h2-4,11,18H,5-10H2,1H3. The van der Waals surface area contributed by atoms with Crippen molar-refractivity contribution in [2.45, 2.75) is 25.4 Å². The molecule has 1 aliphatic heterocycles. The fourth-order valence-electron chi connectivity index (χ4n) is 2.50. The number of piperidine rings is 1. The molecule has 1 N–H and O–H groups in total. The molecule has 0 unspecified atom stereocenters. The second kappa shape index (κ2) is 7.99. The third-order valence-corrected chi connectivity index (χ3v) is 4.45. The number of hydrogen-bond acceptors (Lipinski definition) is 3. The number of hydrogen-bond donors (Lipinski definition) is 1. The highest BCUT2D eigenvalue weighted by Crippen LogP contribution is 2.24. The van der Waals surface area contributed by atoms with Gasteiger partial charge in [0.15, 0.2) is 0 Å². The van der Waals surface area contributed by atoms with Gasteiger partial charge in [-0.2, -0.15) is 0 Å². The summed E-state index contributed by atoms with van der Waals surface area (Å²) in [7, 11) is 1.54. The lowest BCUT2D eigenvalue weighted by atomic mass is 10.0. The number of nitrogens with one attached hydrogen (secondary N) is 1. The highest BCUT2D eigenvalue weighted by atomic mass is 35.5. The van der Waals surface area contributed by atoms with Gasteiger partial charge >= 0.3 is 0 Å². The predicted molar refractivity (Wildman–Crippen MR) is 84.8 cm³/mol. The highest BCUT2D eigenvalue weighted by Gasteiger charge is 2.22.